The molecule has 0 aliphatic rings. The zero-order valence-corrected chi connectivity index (χ0v) is 21.9. The minimum absolute atomic E-state index is 0. The van der Waals surface area contributed by atoms with Gasteiger partial charge in [-0.05, 0) is 61.4 Å². The Balaban J connectivity index is 0.00000385. The van der Waals surface area contributed by atoms with Crippen LogP contribution in [0, 0.1) is 0 Å². The Labute approximate surface area is 218 Å². The molecule has 0 aliphatic heterocycles. The van der Waals surface area contributed by atoms with E-state index >= 15 is 0 Å². The first-order valence-corrected chi connectivity index (χ1v) is 11.3. The Morgan fingerprint density at radius 1 is 0.848 bits per heavy atom. The largest absolute Gasteiger partial charge is 1.00 e. The molecule has 0 unspecified atom stereocenters. The summed E-state index contributed by atoms with van der Waals surface area (Å²) < 4.78 is 16.8. The van der Waals surface area contributed by atoms with Gasteiger partial charge >= 0.3 is 29.6 Å². The van der Waals surface area contributed by atoms with Crippen LogP contribution >= 0.6 is 0 Å². The molecular formula is C27H31NaO5. The molecule has 170 valence electrons. The number of carboxylic acids is 1. The van der Waals surface area contributed by atoms with Gasteiger partial charge in [-0.15, -0.1) is 0 Å². The zero-order valence-electron chi connectivity index (χ0n) is 19.9. The van der Waals surface area contributed by atoms with Gasteiger partial charge in [-0.25, -0.2) is 0 Å². The van der Waals surface area contributed by atoms with Crippen molar-refractivity contribution in [3.8, 4) is 17.2 Å². The van der Waals surface area contributed by atoms with E-state index in [0.29, 0.717) is 12.4 Å². The van der Waals surface area contributed by atoms with Gasteiger partial charge in [0.2, 0.25) is 0 Å². The second-order valence-corrected chi connectivity index (χ2v) is 7.82. The van der Waals surface area contributed by atoms with Gasteiger partial charge in [-0.2, -0.15) is 0 Å². The van der Waals surface area contributed by atoms with Crippen molar-refractivity contribution in [1.29, 1.82) is 0 Å². The van der Waals surface area contributed by atoms with Crippen molar-refractivity contribution in [2.75, 3.05) is 20.3 Å². The number of carbonyl (C=O) groups excluding carboxylic acids is 1. The van der Waals surface area contributed by atoms with E-state index in [0.717, 1.165) is 60.8 Å². The second kappa shape index (κ2) is 14.1. The Bertz CT molecular complexity index is 1030. The van der Waals surface area contributed by atoms with E-state index in [1.165, 1.54) is 11.1 Å². The van der Waals surface area contributed by atoms with E-state index in [1.54, 1.807) is 13.2 Å². The van der Waals surface area contributed by atoms with E-state index in [4.69, 9.17) is 14.2 Å². The Hall–Kier alpha value is -2.21. The maximum absolute atomic E-state index is 10.7. The molecule has 0 radical (unpaired) electrons. The Kier molecular flexibility index (Phi) is 11.6. The van der Waals surface area contributed by atoms with Crippen LogP contribution in [-0.2, 0) is 17.6 Å². The molecule has 3 aromatic rings. The summed E-state index contributed by atoms with van der Waals surface area (Å²) >= 11 is 0. The summed E-state index contributed by atoms with van der Waals surface area (Å²) in [7, 11) is 1.73. The number of aliphatic carboxylic acids is 1. The van der Waals surface area contributed by atoms with Crippen molar-refractivity contribution in [1.82, 2.24) is 0 Å². The number of methoxy groups -OCH3 is 1. The number of hydrogen-bond acceptors (Lipinski definition) is 5. The van der Waals surface area contributed by atoms with Crippen molar-refractivity contribution < 1.29 is 53.7 Å². The fourth-order valence-electron chi connectivity index (χ4n) is 3.88. The summed E-state index contributed by atoms with van der Waals surface area (Å²) in [6.07, 6.45) is 6.35. The van der Waals surface area contributed by atoms with Crippen molar-refractivity contribution in [3.63, 3.8) is 0 Å². The number of ether oxygens (including phenoxy) is 3. The molecule has 3 rings (SSSR count). The minimum atomic E-state index is -1.24. The van der Waals surface area contributed by atoms with E-state index in [1.807, 2.05) is 30.3 Å². The number of carbonyl (C=O) groups is 1. The van der Waals surface area contributed by atoms with Gasteiger partial charge in [-0.3, -0.25) is 0 Å². The third-order valence-corrected chi connectivity index (χ3v) is 5.42. The minimum Gasteiger partial charge on any atom is -0.546 e. The first kappa shape index (κ1) is 27.0. The van der Waals surface area contributed by atoms with Crippen LogP contribution in [0.5, 0.6) is 17.2 Å². The van der Waals surface area contributed by atoms with E-state index < -0.39 is 12.6 Å². The Morgan fingerprint density at radius 2 is 1.55 bits per heavy atom. The predicted molar refractivity (Wildman–Crippen MR) is 124 cm³/mol. The van der Waals surface area contributed by atoms with Crippen LogP contribution in [0.4, 0.5) is 0 Å². The van der Waals surface area contributed by atoms with Crippen molar-refractivity contribution >= 4 is 16.7 Å². The van der Waals surface area contributed by atoms with Crippen LogP contribution in [0.1, 0.15) is 43.7 Å². The average Bonchev–Trinajstić information content (AvgIpc) is 2.80. The summed E-state index contributed by atoms with van der Waals surface area (Å²) in [6, 6.07) is 17.8. The van der Waals surface area contributed by atoms with E-state index in [2.05, 4.69) is 25.1 Å². The van der Waals surface area contributed by atoms with Crippen LogP contribution < -0.4 is 48.9 Å². The van der Waals surface area contributed by atoms with Gasteiger partial charge in [-0.1, -0.05) is 49.7 Å². The molecule has 0 saturated carbocycles. The number of carboxylic acid groups (broad SMARTS) is 1. The molecule has 6 heteroatoms. The number of hydrogen-bond donors (Lipinski definition) is 0. The van der Waals surface area contributed by atoms with Gasteiger partial charge in [0.05, 0.1) is 19.7 Å². The molecular weight excluding hydrogens is 427 g/mol. The van der Waals surface area contributed by atoms with Crippen LogP contribution in [0.3, 0.4) is 0 Å². The fraction of sp³-hybridized carbons (Fsp3) is 0.370. The number of unbranched alkanes of at least 4 members (excludes halogenated alkanes) is 2. The summed E-state index contributed by atoms with van der Waals surface area (Å²) in [5, 5.41) is 12.4. The molecule has 0 N–H and O–H groups in total. The van der Waals surface area contributed by atoms with Crippen LogP contribution in [0.15, 0.2) is 54.6 Å². The number of fused-ring (bicyclic) bond motifs is 1. The SMILES string of the molecule is CCCc1cc(CCCCCOc2cccc3c(OCC(=O)[O-])cccc23)ccc1OC.[Na+]. The molecule has 0 heterocycles. The normalized spacial score (nSPS) is 10.5. The molecule has 0 amide bonds. The van der Waals surface area contributed by atoms with Crippen LogP contribution in [0.25, 0.3) is 10.8 Å². The summed E-state index contributed by atoms with van der Waals surface area (Å²) in [4.78, 5) is 10.7. The molecule has 0 aliphatic carbocycles. The predicted octanol–water partition coefficient (Wildman–Crippen LogP) is 1.73. The third-order valence-electron chi connectivity index (χ3n) is 5.42. The zero-order chi connectivity index (χ0) is 22.8. The maximum Gasteiger partial charge on any atom is 1.00 e. The molecule has 0 aromatic heterocycles. The average molecular weight is 459 g/mol. The molecule has 0 saturated heterocycles. The molecule has 33 heavy (non-hydrogen) atoms. The van der Waals surface area contributed by atoms with Crippen LogP contribution in [-0.4, -0.2) is 26.3 Å². The van der Waals surface area contributed by atoms with Gasteiger partial charge in [0.1, 0.15) is 23.9 Å². The van der Waals surface area contributed by atoms with Gasteiger partial charge in [0, 0.05) is 10.8 Å². The smallest absolute Gasteiger partial charge is 0.546 e. The first-order chi connectivity index (χ1) is 15.6. The molecule has 0 atom stereocenters. The molecule has 5 nitrogen and oxygen atoms in total. The van der Waals surface area contributed by atoms with Crippen LogP contribution in [0.2, 0.25) is 0 Å². The maximum atomic E-state index is 10.7. The number of benzene rings is 3. The molecule has 0 bridgehead atoms. The first-order valence-electron chi connectivity index (χ1n) is 11.3. The van der Waals surface area contributed by atoms with Crippen molar-refractivity contribution in [3.05, 3.63) is 65.7 Å². The molecule has 0 spiro atoms. The topological polar surface area (TPSA) is 67.8 Å². The Morgan fingerprint density at radius 3 is 2.18 bits per heavy atom. The number of aryl methyl sites for hydroxylation is 2. The van der Waals surface area contributed by atoms with Gasteiger partial charge < -0.3 is 24.1 Å². The second-order valence-electron chi connectivity index (χ2n) is 7.82. The van der Waals surface area contributed by atoms with Crippen molar-refractivity contribution in [2.24, 2.45) is 0 Å². The molecule has 3 aromatic carbocycles. The number of rotatable bonds is 13. The fourth-order valence-corrected chi connectivity index (χ4v) is 3.88. The van der Waals surface area contributed by atoms with E-state index in [9.17, 15) is 9.90 Å². The summed E-state index contributed by atoms with van der Waals surface area (Å²) in [6.45, 7) is 2.34. The van der Waals surface area contributed by atoms with Crippen molar-refractivity contribution in [2.45, 2.75) is 45.4 Å². The van der Waals surface area contributed by atoms with Gasteiger partial charge in [0.15, 0.2) is 0 Å². The standard InChI is InChI=1S/C27H32O5.Na/c1-3-9-21-18-20(15-16-24(21)30-2)10-5-4-6-17-31-25-13-7-12-23-22(25)11-8-14-26(23)32-19-27(28)29;/h7-8,11-16,18H,3-6,9-10,17,19H2,1-2H3,(H,28,29);/q;+1/p-1. The molecule has 0 fully saturated rings. The quantitative estimate of drug-likeness (QED) is 0.288. The summed E-state index contributed by atoms with van der Waals surface area (Å²) in [5.41, 5.74) is 2.64. The van der Waals surface area contributed by atoms with Gasteiger partial charge in [0.25, 0.3) is 0 Å². The third kappa shape index (κ3) is 7.95. The summed E-state index contributed by atoms with van der Waals surface area (Å²) in [5.74, 6) is 1.03. The van der Waals surface area contributed by atoms with E-state index in [-0.39, 0.29) is 29.6 Å². The monoisotopic (exact) mass is 458 g/mol.